The summed E-state index contributed by atoms with van der Waals surface area (Å²) in [6.45, 7) is 8.08. The van der Waals surface area contributed by atoms with Crippen molar-refractivity contribution in [1.82, 2.24) is 15.0 Å². The zero-order chi connectivity index (χ0) is 14.7. The average Bonchev–Trinajstić information content (AvgIpc) is 3.10. The van der Waals surface area contributed by atoms with E-state index in [4.69, 9.17) is 9.26 Å². The molecule has 1 aromatic rings. The van der Waals surface area contributed by atoms with Crippen molar-refractivity contribution in [2.45, 2.75) is 64.6 Å². The third-order valence-corrected chi connectivity index (χ3v) is 4.74. The molecule has 0 saturated carbocycles. The van der Waals surface area contributed by atoms with Crippen molar-refractivity contribution in [1.29, 1.82) is 0 Å². The number of rotatable bonds is 5. The number of hydrogen-bond donors (Lipinski definition) is 0. The Morgan fingerprint density at radius 2 is 1.95 bits per heavy atom. The van der Waals surface area contributed by atoms with Crippen LogP contribution < -0.4 is 0 Å². The Balaban J connectivity index is 1.41. The fourth-order valence-corrected chi connectivity index (χ4v) is 3.23. The molecule has 2 fully saturated rings. The summed E-state index contributed by atoms with van der Waals surface area (Å²) in [6, 6.07) is 0. The topological polar surface area (TPSA) is 51.4 Å². The van der Waals surface area contributed by atoms with Crippen LogP contribution in [0.5, 0.6) is 0 Å². The van der Waals surface area contributed by atoms with Gasteiger partial charge in [-0.05, 0) is 64.6 Å². The van der Waals surface area contributed by atoms with Gasteiger partial charge in [-0.2, -0.15) is 4.98 Å². The fourth-order valence-electron chi connectivity index (χ4n) is 3.23. The summed E-state index contributed by atoms with van der Waals surface area (Å²) >= 11 is 0. The van der Waals surface area contributed by atoms with Gasteiger partial charge in [-0.15, -0.1) is 0 Å². The first-order valence-corrected chi connectivity index (χ1v) is 8.41. The summed E-state index contributed by atoms with van der Waals surface area (Å²) in [5, 5.41) is 4.10. The molecule has 0 amide bonds. The van der Waals surface area contributed by atoms with Gasteiger partial charge in [-0.1, -0.05) is 12.1 Å². The maximum absolute atomic E-state index is 5.77. The number of aryl methyl sites for hydroxylation is 1. The van der Waals surface area contributed by atoms with Gasteiger partial charge in [-0.3, -0.25) is 0 Å². The van der Waals surface area contributed by atoms with Gasteiger partial charge in [0.15, 0.2) is 5.82 Å². The van der Waals surface area contributed by atoms with E-state index in [1.165, 1.54) is 25.9 Å². The van der Waals surface area contributed by atoms with Crippen molar-refractivity contribution in [3.8, 4) is 0 Å². The molecule has 0 N–H and O–H groups in total. The molecule has 2 aliphatic heterocycles. The first-order chi connectivity index (χ1) is 10.2. The highest BCUT2D eigenvalue weighted by Crippen LogP contribution is 2.31. The molecular weight excluding hydrogens is 266 g/mol. The molecule has 0 spiro atoms. The molecule has 1 aromatic heterocycles. The number of likely N-dealkylation sites (tertiary alicyclic amines) is 1. The zero-order valence-electron chi connectivity index (χ0n) is 13.3. The molecule has 0 bridgehead atoms. The van der Waals surface area contributed by atoms with Gasteiger partial charge in [0, 0.05) is 6.42 Å². The van der Waals surface area contributed by atoms with E-state index in [0.717, 1.165) is 44.0 Å². The lowest BCUT2D eigenvalue weighted by atomic mass is 9.99. The highest BCUT2D eigenvalue weighted by molar-refractivity contribution is 4.93. The van der Waals surface area contributed by atoms with Crippen molar-refractivity contribution < 1.29 is 9.26 Å². The SMILES string of the molecule is CC1CCN(CCCc2noc([C@H]3CC[C@H](C)O3)n2)CC1. The van der Waals surface area contributed by atoms with Crippen LogP contribution >= 0.6 is 0 Å². The second-order valence-electron chi connectivity index (χ2n) is 6.69. The second-order valence-corrected chi connectivity index (χ2v) is 6.69. The van der Waals surface area contributed by atoms with Crippen LogP contribution in [0.1, 0.15) is 63.8 Å². The van der Waals surface area contributed by atoms with E-state index in [2.05, 4.69) is 28.9 Å². The molecule has 2 saturated heterocycles. The molecule has 0 aliphatic carbocycles. The van der Waals surface area contributed by atoms with Crippen LogP contribution in [-0.4, -0.2) is 40.8 Å². The molecule has 2 aliphatic rings. The summed E-state index contributed by atoms with van der Waals surface area (Å²) in [6.07, 6.45) is 7.08. The summed E-state index contributed by atoms with van der Waals surface area (Å²) in [5.41, 5.74) is 0. The minimum Gasteiger partial charge on any atom is -0.365 e. The Labute approximate surface area is 127 Å². The molecule has 21 heavy (non-hydrogen) atoms. The van der Waals surface area contributed by atoms with Crippen LogP contribution in [0.4, 0.5) is 0 Å². The van der Waals surface area contributed by atoms with Crippen LogP contribution in [0.15, 0.2) is 4.52 Å². The van der Waals surface area contributed by atoms with Crippen molar-refractivity contribution >= 4 is 0 Å². The Hall–Kier alpha value is -0.940. The molecule has 118 valence electrons. The Morgan fingerprint density at radius 1 is 1.14 bits per heavy atom. The molecule has 2 atom stereocenters. The summed E-state index contributed by atoms with van der Waals surface area (Å²) in [7, 11) is 0. The van der Waals surface area contributed by atoms with E-state index in [0.29, 0.717) is 12.0 Å². The van der Waals surface area contributed by atoms with Crippen LogP contribution in [0.2, 0.25) is 0 Å². The normalized spacial score (nSPS) is 28.3. The van der Waals surface area contributed by atoms with E-state index < -0.39 is 0 Å². The number of aromatic nitrogens is 2. The molecule has 0 unspecified atom stereocenters. The van der Waals surface area contributed by atoms with E-state index in [9.17, 15) is 0 Å². The number of nitrogens with zero attached hydrogens (tertiary/aromatic N) is 3. The summed E-state index contributed by atoms with van der Waals surface area (Å²) in [5.74, 6) is 2.40. The summed E-state index contributed by atoms with van der Waals surface area (Å²) in [4.78, 5) is 7.06. The minimum absolute atomic E-state index is 0.0184. The molecular formula is C16H27N3O2. The Bertz CT molecular complexity index is 440. The largest absolute Gasteiger partial charge is 0.365 e. The molecule has 0 aromatic carbocycles. The monoisotopic (exact) mass is 293 g/mol. The number of ether oxygens (including phenoxy) is 1. The average molecular weight is 293 g/mol. The van der Waals surface area contributed by atoms with Crippen molar-refractivity contribution in [3.63, 3.8) is 0 Å². The van der Waals surface area contributed by atoms with Gasteiger partial charge in [0.1, 0.15) is 6.10 Å². The lowest BCUT2D eigenvalue weighted by Crippen LogP contribution is -2.33. The maximum atomic E-state index is 5.77. The van der Waals surface area contributed by atoms with Crippen LogP contribution in [0, 0.1) is 5.92 Å². The van der Waals surface area contributed by atoms with Gasteiger partial charge in [0.05, 0.1) is 6.10 Å². The van der Waals surface area contributed by atoms with Gasteiger partial charge < -0.3 is 14.2 Å². The molecule has 3 rings (SSSR count). The Morgan fingerprint density at radius 3 is 2.67 bits per heavy atom. The predicted molar refractivity (Wildman–Crippen MR) is 80.0 cm³/mol. The standard InChI is InChI=1S/C16H27N3O2/c1-12-7-10-19(11-8-12)9-3-4-15-17-16(21-18-15)14-6-5-13(2)20-14/h12-14H,3-11H2,1-2H3/t13-,14+/m0/s1. The predicted octanol–water partition coefficient (Wildman–Crippen LogP) is 2.97. The van der Waals surface area contributed by atoms with Crippen molar-refractivity contribution in [2.24, 2.45) is 5.92 Å². The zero-order valence-corrected chi connectivity index (χ0v) is 13.3. The van der Waals surface area contributed by atoms with E-state index >= 15 is 0 Å². The lowest BCUT2D eigenvalue weighted by molar-refractivity contribution is 0.0355. The quantitative estimate of drug-likeness (QED) is 0.835. The third-order valence-electron chi connectivity index (χ3n) is 4.74. The van der Waals surface area contributed by atoms with Crippen LogP contribution in [0.3, 0.4) is 0 Å². The number of piperidine rings is 1. The second kappa shape index (κ2) is 6.88. The van der Waals surface area contributed by atoms with E-state index in [1.807, 2.05) is 0 Å². The first-order valence-electron chi connectivity index (χ1n) is 8.41. The van der Waals surface area contributed by atoms with Crippen molar-refractivity contribution in [2.75, 3.05) is 19.6 Å². The molecule has 0 radical (unpaired) electrons. The third kappa shape index (κ3) is 4.04. The Kier molecular flexibility index (Phi) is 4.91. The molecule has 5 heteroatoms. The van der Waals surface area contributed by atoms with E-state index in [-0.39, 0.29) is 6.10 Å². The number of hydrogen-bond acceptors (Lipinski definition) is 5. The van der Waals surface area contributed by atoms with E-state index in [1.54, 1.807) is 0 Å². The minimum atomic E-state index is 0.0184. The van der Waals surface area contributed by atoms with Gasteiger partial charge in [0.25, 0.3) is 5.89 Å². The van der Waals surface area contributed by atoms with Gasteiger partial charge in [0.2, 0.25) is 0 Å². The molecule has 3 heterocycles. The van der Waals surface area contributed by atoms with Crippen LogP contribution in [-0.2, 0) is 11.2 Å². The highest BCUT2D eigenvalue weighted by Gasteiger charge is 2.28. The molecule has 5 nitrogen and oxygen atoms in total. The van der Waals surface area contributed by atoms with Gasteiger partial charge in [-0.25, -0.2) is 0 Å². The fraction of sp³-hybridized carbons (Fsp3) is 0.875. The van der Waals surface area contributed by atoms with Gasteiger partial charge >= 0.3 is 0 Å². The first kappa shape index (κ1) is 15.0. The van der Waals surface area contributed by atoms with Crippen molar-refractivity contribution in [3.05, 3.63) is 11.7 Å². The maximum Gasteiger partial charge on any atom is 0.255 e. The van der Waals surface area contributed by atoms with Crippen LogP contribution in [0.25, 0.3) is 0 Å². The lowest BCUT2D eigenvalue weighted by Gasteiger charge is -2.29. The highest BCUT2D eigenvalue weighted by atomic mass is 16.5. The smallest absolute Gasteiger partial charge is 0.255 e. The summed E-state index contributed by atoms with van der Waals surface area (Å²) < 4.78 is 11.1.